The average Bonchev–Trinajstić information content (AvgIpc) is 3.62. The fraction of sp³-hybridized carbons (Fsp3) is 0.0638. The van der Waals surface area contributed by atoms with Crippen LogP contribution in [0.3, 0.4) is 0 Å². The van der Waals surface area contributed by atoms with Gasteiger partial charge in [0.05, 0.1) is 0 Å². The summed E-state index contributed by atoms with van der Waals surface area (Å²) < 4.78 is 6.07. The molecule has 2 heteroatoms. The summed E-state index contributed by atoms with van der Waals surface area (Å²) in [5, 5.41) is 11.2. The molecule has 0 bridgehead atoms. The van der Waals surface area contributed by atoms with Crippen LogP contribution in [0.5, 0.6) is 0 Å². The van der Waals surface area contributed by atoms with Gasteiger partial charge in [0.2, 0.25) is 0 Å². The summed E-state index contributed by atoms with van der Waals surface area (Å²) in [4.78, 5) is 0. The Bertz CT molecular complexity index is 2780. The van der Waals surface area contributed by atoms with Crippen molar-refractivity contribution in [3.8, 4) is 33.4 Å². The molecule has 2 nitrogen and oxygen atoms in total. The van der Waals surface area contributed by atoms with Crippen molar-refractivity contribution in [3.63, 3.8) is 0 Å². The fourth-order valence-electron chi connectivity index (χ4n) is 8.12. The molecule has 1 heterocycles. The van der Waals surface area contributed by atoms with Gasteiger partial charge in [0.15, 0.2) is 0 Å². The lowest BCUT2D eigenvalue weighted by atomic mass is 9.81. The van der Waals surface area contributed by atoms with Crippen molar-refractivity contribution in [1.82, 2.24) is 0 Å². The van der Waals surface area contributed by atoms with E-state index in [1.807, 2.05) is 12.1 Å². The maximum Gasteiger partial charge on any atom is 0.135 e. The number of furan rings is 1. The summed E-state index contributed by atoms with van der Waals surface area (Å²) in [6.45, 7) is 4.72. The van der Waals surface area contributed by atoms with E-state index < -0.39 is 0 Å². The normalized spacial score (nSPS) is 13.3. The average molecular weight is 628 g/mol. The first kappa shape index (κ1) is 27.9. The van der Waals surface area contributed by atoms with Gasteiger partial charge in [-0.25, -0.2) is 0 Å². The molecular weight excluding hydrogens is 595 g/mol. The Balaban J connectivity index is 0.992. The molecule has 1 aliphatic rings. The third kappa shape index (κ3) is 4.34. The molecule has 8 aromatic carbocycles. The number of fused-ring (bicyclic) bond motifs is 9. The standard InChI is InChI=1S/C47H33NO/c1-47(2)43-27-32(41-26-31-10-3-4-13-35(31)36-14-5-6-15-37(36)41)18-21-38(43)39-22-20-34(28-44(39)47)48-33-12-9-11-29(24-33)30-19-23-46-42(25-30)40-16-7-8-17-45(40)49-46/h3-28,48H,1-2H3. The molecule has 1 N–H and O–H groups in total. The Morgan fingerprint density at radius 1 is 0.408 bits per heavy atom. The van der Waals surface area contributed by atoms with Crippen molar-refractivity contribution in [1.29, 1.82) is 0 Å². The van der Waals surface area contributed by atoms with E-state index in [2.05, 4.69) is 165 Å². The molecule has 232 valence electrons. The van der Waals surface area contributed by atoms with Crippen LogP contribution in [-0.4, -0.2) is 0 Å². The number of nitrogens with one attached hydrogen (secondary N) is 1. The van der Waals surface area contributed by atoms with E-state index in [9.17, 15) is 0 Å². The minimum atomic E-state index is -0.143. The quantitative estimate of drug-likeness (QED) is 0.196. The summed E-state index contributed by atoms with van der Waals surface area (Å²) in [6.07, 6.45) is 0. The maximum atomic E-state index is 6.07. The molecule has 0 amide bonds. The summed E-state index contributed by atoms with van der Waals surface area (Å²) >= 11 is 0. The SMILES string of the molecule is CC1(C)c2cc(Nc3cccc(-c4ccc5oc6ccccc6c5c4)c3)ccc2-c2ccc(-c3cc4ccccc4c4ccccc34)cc21. The predicted octanol–water partition coefficient (Wildman–Crippen LogP) is 13.3. The highest BCUT2D eigenvalue weighted by molar-refractivity contribution is 6.14. The molecule has 0 saturated heterocycles. The molecule has 1 aliphatic carbocycles. The molecule has 10 rings (SSSR count). The van der Waals surface area contributed by atoms with Gasteiger partial charge in [-0.15, -0.1) is 0 Å². The minimum absolute atomic E-state index is 0.143. The first-order valence-corrected chi connectivity index (χ1v) is 17.0. The summed E-state index contributed by atoms with van der Waals surface area (Å²) in [5.41, 5.74) is 14.1. The zero-order chi connectivity index (χ0) is 32.7. The molecule has 0 saturated carbocycles. The van der Waals surface area contributed by atoms with Crippen LogP contribution in [0.4, 0.5) is 11.4 Å². The Kier molecular flexibility index (Phi) is 5.95. The Morgan fingerprint density at radius 2 is 1.06 bits per heavy atom. The van der Waals surface area contributed by atoms with E-state index in [0.717, 1.165) is 33.3 Å². The highest BCUT2D eigenvalue weighted by Crippen LogP contribution is 2.51. The van der Waals surface area contributed by atoms with Crippen LogP contribution in [0.15, 0.2) is 162 Å². The highest BCUT2D eigenvalue weighted by Gasteiger charge is 2.36. The third-order valence-corrected chi connectivity index (χ3v) is 10.6. The lowest BCUT2D eigenvalue weighted by Gasteiger charge is -2.23. The molecular formula is C47H33NO. The molecule has 0 atom stereocenters. The maximum absolute atomic E-state index is 6.07. The van der Waals surface area contributed by atoms with E-state index in [1.54, 1.807) is 0 Å². The summed E-state index contributed by atoms with van der Waals surface area (Å²) in [5.74, 6) is 0. The zero-order valence-corrected chi connectivity index (χ0v) is 27.4. The van der Waals surface area contributed by atoms with Gasteiger partial charge in [-0.05, 0) is 121 Å². The Labute approximate surface area is 285 Å². The van der Waals surface area contributed by atoms with Gasteiger partial charge in [-0.3, -0.25) is 0 Å². The van der Waals surface area contributed by atoms with Gasteiger partial charge in [0.25, 0.3) is 0 Å². The van der Waals surface area contributed by atoms with Crippen molar-refractivity contribution in [2.75, 3.05) is 5.32 Å². The van der Waals surface area contributed by atoms with Gasteiger partial charge >= 0.3 is 0 Å². The number of para-hydroxylation sites is 1. The first-order chi connectivity index (χ1) is 24.0. The summed E-state index contributed by atoms with van der Waals surface area (Å²) in [6, 6.07) is 57.2. The van der Waals surface area contributed by atoms with Gasteiger partial charge < -0.3 is 9.73 Å². The lowest BCUT2D eigenvalue weighted by Crippen LogP contribution is -2.15. The second kappa shape index (κ2) is 10.4. The van der Waals surface area contributed by atoms with Gasteiger partial charge in [0.1, 0.15) is 11.2 Å². The van der Waals surface area contributed by atoms with Crippen molar-refractivity contribution < 1.29 is 4.42 Å². The van der Waals surface area contributed by atoms with Crippen molar-refractivity contribution in [3.05, 3.63) is 169 Å². The van der Waals surface area contributed by atoms with Crippen LogP contribution in [0.2, 0.25) is 0 Å². The van der Waals surface area contributed by atoms with Crippen molar-refractivity contribution in [2.45, 2.75) is 19.3 Å². The smallest absolute Gasteiger partial charge is 0.135 e. The molecule has 49 heavy (non-hydrogen) atoms. The second-order valence-electron chi connectivity index (χ2n) is 13.9. The Hall–Kier alpha value is -6.12. The topological polar surface area (TPSA) is 25.2 Å². The summed E-state index contributed by atoms with van der Waals surface area (Å²) in [7, 11) is 0. The van der Waals surface area contributed by atoms with E-state index in [-0.39, 0.29) is 5.41 Å². The van der Waals surface area contributed by atoms with Gasteiger partial charge in [-0.1, -0.05) is 117 Å². The van der Waals surface area contributed by atoms with Crippen molar-refractivity contribution in [2.24, 2.45) is 0 Å². The molecule has 0 aliphatic heterocycles. The number of hydrogen-bond donors (Lipinski definition) is 1. The van der Waals surface area contributed by atoms with E-state index in [4.69, 9.17) is 4.42 Å². The number of hydrogen-bond acceptors (Lipinski definition) is 2. The number of rotatable bonds is 4. The van der Waals surface area contributed by atoms with Crippen molar-refractivity contribution >= 4 is 54.9 Å². The monoisotopic (exact) mass is 627 g/mol. The van der Waals surface area contributed by atoms with Crippen LogP contribution in [0.1, 0.15) is 25.0 Å². The van der Waals surface area contributed by atoms with E-state index >= 15 is 0 Å². The molecule has 0 radical (unpaired) electrons. The minimum Gasteiger partial charge on any atom is -0.456 e. The number of benzene rings is 8. The van der Waals surface area contributed by atoms with Gasteiger partial charge in [0, 0.05) is 27.6 Å². The lowest BCUT2D eigenvalue weighted by molar-refractivity contribution is 0.661. The van der Waals surface area contributed by atoms with Crippen LogP contribution in [0.25, 0.3) is 76.9 Å². The molecule has 0 unspecified atom stereocenters. The van der Waals surface area contributed by atoms with E-state index in [0.29, 0.717) is 0 Å². The molecule has 0 spiro atoms. The fourth-order valence-corrected chi connectivity index (χ4v) is 8.12. The van der Waals surface area contributed by atoms with E-state index in [1.165, 1.54) is 66.1 Å². The van der Waals surface area contributed by atoms with Crippen LogP contribution in [0, 0.1) is 0 Å². The largest absolute Gasteiger partial charge is 0.456 e. The molecule has 0 fully saturated rings. The molecule has 9 aromatic rings. The van der Waals surface area contributed by atoms with Gasteiger partial charge in [-0.2, -0.15) is 0 Å². The van der Waals surface area contributed by atoms with Crippen LogP contribution < -0.4 is 5.32 Å². The second-order valence-corrected chi connectivity index (χ2v) is 13.9. The first-order valence-electron chi connectivity index (χ1n) is 17.0. The van der Waals surface area contributed by atoms with Crippen LogP contribution in [-0.2, 0) is 5.41 Å². The predicted molar refractivity (Wildman–Crippen MR) is 207 cm³/mol. The molecule has 1 aromatic heterocycles. The van der Waals surface area contributed by atoms with Crippen LogP contribution >= 0.6 is 0 Å². The number of anilines is 2. The third-order valence-electron chi connectivity index (χ3n) is 10.6. The Morgan fingerprint density at radius 3 is 1.94 bits per heavy atom. The zero-order valence-electron chi connectivity index (χ0n) is 27.4. The highest BCUT2D eigenvalue weighted by atomic mass is 16.3.